The highest BCUT2D eigenvalue weighted by molar-refractivity contribution is 5.77. The van der Waals surface area contributed by atoms with Gasteiger partial charge in [-0.25, -0.2) is 4.39 Å². The number of carbonyl (C=O) groups excluding carboxylic acids is 1. The average Bonchev–Trinajstić information content (AvgIpc) is 2.69. The summed E-state index contributed by atoms with van der Waals surface area (Å²) in [6.07, 6.45) is 0. The first-order chi connectivity index (χ1) is 13.1. The van der Waals surface area contributed by atoms with Gasteiger partial charge in [0.15, 0.2) is 6.61 Å². The van der Waals surface area contributed by atoms with Gasteiger partial charge in [-0.3, -0.25) is 9.69 Å². The van der Waals surface area contributed by atoms with E-state index in [0.717, 1.165) is 38.3 Å². The predicted molar refractivity (Wildman–Crippen MR) is 105 cm³/mol. The van der Waals surface area contributed by atoms with E-state index in [4.69, 9.17) is 4.74 Å². The van der Waals surface area contributed by atoms with Crippen LogP contribution in [-0.2, 0) is 4.79 Å². The van der Waals surface area contributed by atoms with Crippen LogP contribution in [0, 0.1) is 12.7 Å². The molecule has 0 aromatic heterocycles. The topological polar surface area (TPSA) is 44.8 Å². The molecule has 0 unspecified atom stereocenters. The van der Waals surface area contributed by atoms with Gasteiger partial charge >= 0.3 is 0 Å². The standard InChI is InChI=1S/C21H26FN3O2/c1-17-6-8-18(9-7-17)27-16-21(26)23-10-11-24-12-14-25(15-13-24)20-5-3-2-4-19(20)22/h2-9H,10-16H2,1H3,(H,23,26). The fourth-order valence-electron chi connectivity index (χ4n) is 3.11. The van der Waals surface area contributed by atoms with Crippen LogP contribution in [-0.4, -0.2) is 56.7 Å². The predicted octanol–water partition coefficient (Wildman–Crippen LogP) is 2.45. The highest BCUT2D eigenvalue weighted by atomic mass is 19.1. The van der Waals surface area contributed by atoms with E-state index in [1.165, 1.54) is 6.07 Å². The minimum absolute atomic E-state index is 0.0180. The van der Waals surface area contributed by atoms with E-state index < -0.39 is 0 Å². The highest BCUT2D eigenvalue weighted by Gasteiger charge is 2.19. The van der Waals surface area contributed by atoms with Crippen LogP contribution >= 0.6 is 0 Å². The molecule has 5 nitrogen and oxygen atoms in total. The highest BCUT2D eigenvalue weighted by Crippen LogP contribution is 2.19. The normalized spacial score (nSPS) is 14.8. The fraction of sp³-hybridized carbons (Fsp3) is 0.381. The maximum atomic E-state index is 13.9. The molecule has 0 bridgehead atoms. The number of benzene rings is 2. The van der Waals surface area contributed by atoms with Crippen molar-refractivity contribution < 1.29 is 13.9 Å². The van der Waals surface area contributed by atoms with Gasteiger partial charge in [0, 0.05) is 39.3 Å². The second kappa shape index (κ2) is 9.37. The monoisotopic (exact) mass is 371 g/mol. The number of halogens is 1. The number of ether oxygens (including phenoxy) is 1. The number of para-hydroxylation sites is 1. The van der Waals surface area contributed by atoms with Crippen molar-refractivity contribution in [2.24, 2.45) is 0 Å². The van der Waals surface area contributed by atoms with Crippen LogP contribution in [0.4, 0.5) is 10.1 Å². The van der Waals surface area contributed by atoms with Gasteiger partial charge in [-0.1, -0.05) is 29.8 Å². The summed E-state index contributed by atoms with van der Waals surface area (Å²) >= 11 is 0. The van der Waals surface area contributed by atoms with Crippen LogP contribution in [0.5, 0.6) is 5.75 Å². The van der Waals surface area contributed by atoms with Gasteiger partial charge in [-0.2, -0.15) is 0 Å². The Morgan fingerprint density at radius 2 is 1.78 bits per heavy atom. The maximum Gasteiger partial charge on any atom is 0.257 e. The van der Waals surface area contributed by atoms with E-state index in [1.807, 2.05) is 43.3 Å². The number of nitrogens with zero attached hydrogens (tertiary/aromatic N) is 2. The molecule has 1 N–H and O–H groups in total. The average molecular weight is 371 g/mol. The summed E-state index contributed by atoms with van der Waals surface area (Å²) < 4.78 is 19.3. The Hall–Kier alpha value is -2.60. The Kier molecular flexibility index (Phi) is 6.65. The Balaban J connectivity index is 1.32. The summed E-state index contributed by atoms with van der Waals surface area (Å²) in [7, 11) is 0. The third-order valence-electron chi connectivity index (χ3n) is 4.71. The summed E-state index contributed by atoms with van der Waals surface area (Å²) in [5, 5.41) is 2.88. The molecule has 1 amide bonds. The molecule has 1 aliphatic heterocycles. The number of hydrogen-bond donors (Lipinski definition) is 1. The van der Waals surface area contributed by atoms with Gasteiger partial charge in [-0.15, -0.1) is 0 Å². The van der Waals surface area contributed by atoms with Crippen LogP contribution in [0.15, 0.2) is 48.5 Å². The summed E-state index contributed by atoms with van der Waals surface area (Å²) in [5.74, 6) is 0.396. The molecule has 0 aliphatic carbocycles. The Labute approximate surface area is 159 Å². The summed E-state index contributed by atoms with van der Waals surface area (Å²) in [6.45, 7) is 6.65. The van der Waals surface area contributed by atoms with Crippen LogP contribution in [0.2, 0.25) is 0 Å². The lowest BCUT2D eigenvalue weighted by Crippen LogP contribution is -2.49. The third-order valence-corrected chi connectivity index (χ3v) is 4.71. The second-order valence-electron chi connectivity index (χ2n) is 6.73. The molecule has 0 atom stereocenters. The number of anilines is 1. The minimum Gasteiger partial charge on any atom is -0.484 e. The van der Waals surface area contributed by atoms with Gasteiger partial charge in [0.1, 0.15) is 11.6 Å². The lowest BCUT2D eigenvalue weighted by atomic mass is 10.2. The Morgan fingerprint density at radius 1 is 1.07 bits per heavy atom. The van der Waals surface area contributed by atoms with E-state index in [0.29, 0.717) is 18.0 Å². The number of carbonyl (C=O) groups is 1. The molecule has 1 heterocycles. The Bertz CT molecular complexity index is 743. The van der Waals surface area contributed by atoms with Crippen molar-refractivity contribution in [2.45, 2.75) is 6.92 Å². The lowest BCUT2D eigenvalue weighted by molar-refractivity contribution is -0.123. The molecule has 2 aromatic rings. The molecule has 1 saturated heterocycles. The molecule has 3 rings (SSSR count). The number of aryl methyl sites for hydroxylation is 1. The largest absolute Gasteiger partial charge is 0.484 e. The molecule has 27 heavy (non-hydrogen) atoms. The first kappa shape index (κ1) is 19.2. The zero-order valence-corrected chi connectivity index (χ0v) is 15.7. The van der Waals surface area contributed by atoms with E-state index in [1.54, 1.807) is 6.07 Å². The van der Waals surface area contributed by atoms with Crippen molar-refractivity contribution in [3.63, 3.8) is 0 Å². The number of nitrogens with one attached hydrogen (secondary N) is 1. The molecular weight excluding hydrogens is 345 g/mol. The van der Waals surface area contributed by atoms with Crippen molar-refractivity contribution >= 4 is 11.6 Å². The molecule has 0 spiro atoms. The SMILES string of the molecule is Cc1ccc(OCC(=O)NCCN2CCN(c3ccccc3F)CC2)cc1. The molecule has 2 aromatic carbocycles. The molecule has 0 radical (unpaired) electrons. The Morgan fingerprint density at radius 3 is 2.48 bits per heavy atom. The number of piperazine rings is 1. The third kappa shape index (κ3) is 5.69. The van der Waals surface area contributed by atoms with E-state index in [2.05, 4.69) is 15.1 Å². The number of rotatable bonds is 7. The van der Waals surface area contributed by atoms with Crippen molar-refractivity contribution in [1.82, 2.24) is 10.2 Å². The first-order valence-electron chi connectivity index (χ1n) is 9.30. The van der Waals surface area contributed by atoms with E-state index in [9.17, 15) is 9.18 Å². The zero-order chi connectivity index (χ0) is 19.1. The van der Waals surface area contributed by atoms with E-state index >= 15 is 0 Å². The van der Waals surface area contributed by atoms with Gasteiger partial charge in [0.2, 0.25) is 0 Å². The van der Waals surface area contributed by atoms with Crippen molar-refractivity contribution in [3.8, 4) is 5.75 Å². The quantitative estimate of drug-likeness (QED) is 0.812. The molecule has 6 heteroatoms. The molecule has 0 saturated carbocycles. The van der Waals surface area contributed by atoms with Crippen LogP contribution < -0.4 is 15.0 Å². The minimum atomic E-state index is -0.174. The van der Waals surface area contributed by atoms with Crippen LogP contribution in [0.1, 0.15) is 5.56 Å². The lowest BCUT2D eigenvalue weighted by Gasteiger charge is -2.36. The van der Waals surface area contributed by atoms with E-state index in [-0.39, 0.29) is 18.3 Å². The number of amides is 1. The zero-order valence-electron chi connectivity index (χ0n) is 15.7. The summed E-state index contributed by atoms with van der Waals surface area (Å²) in [4.78, 5) is 16.2. The van der Waals surface area contributed by atoms with Crippen molar-refractivity contribution in [1.29, 1.82) is 0 Å². The van der Waals surface area contributed by atoms with Crippen molar-refractivity contribution in [3.05, 3.63) is 59.9 Å². The van der Waals surface area contributed by atoms with Gasteiger partial charge in [-0.05, 0) is 31.2 Å². The van der Waals surface area contributed by atoms with Crippen LogP contribution in [0.25, 0.3) is 0 Å². The summed E-state index contributed by atoms with van der Waals surface area (Å²) in [5.41, 5.74) is 1.82. The van der Waals surface area contributed by atoms with Gasteiger partial charge in [0.05, 0.1) is 5.69 Å². The smallest absolute Gasteiger partial charge is 0.257 e. The molecule has 144 valence electrons. The maximum absolute atomic E-state index is 13.9. The molecule has 1 fully saturated rings. The molecule has 1 aliphatic rings. The van der Waals surface area contributed by atoms with Gasteiger partial charge < -0.3 is 15.0 Å². The van der Waals surface area contributed by atoms with Gasteiger partial charge in [0.25, 0.3) is 5.91 Å². The summed E-state index contributed by atoms with van der Waals surface area (Å²) in [6, 6.07) is 14.5. The number of hydrogen-bond acceptors (Lipinski definition) is 4. The van der Waals surface area contributed by atoms with Crippen LogP contribution in [0.3, 0.4) is 0 Å². The fourth-order valence-corrected chi connectivity index (χ4v) is 3.11. The van der Waals surface area contributed by atoms with Crippen molar-refractivity contribution in [2.75, 3.05) is 50.8 Å². The second-order valence-corrected chi connectivity index (χ2v) is 6.73. The first-order valence-corrected chi connectivity index (χ1v) is 9.30. The molecular formula is C21H26FN3O2.